The van der Waals surface area contributed by atoms with Crippen molar-refractivity contribution >= 4 is 46.5 Å². The number of anilines is 4. The molecule has 3 amide bonds. The second-order valence-electron chi connectivity index (χ2n) is 32.5. The number of aromatic nitrogens is 8. The van der Waals surface area contributed by atoms with Crippen molar-refractivity contribution in [1.29, 1.82) is 0 Å². The molecule has 0 saturated carbocycles. The van der Waals surface area contributed by atoms with E-state index in [-0.39, 0.29) is 40.8 Å². The maximum absolute atomic E-state index is 13.7. The van der Waals surface area contributed by atoms with Gasteiger partial charge in [0.15, 0.2) is 0 Å². The molecule has 0 bridgehead atoms. The van der Waals surface area contributed by atoms with Crippen LogP contribution in [0.1, 0.15) is 218 Å². The number of hydrogen-bond donors (Lipinski definition) is 3. The van der Waals surface area contributed by atoms with E-state index in [1.165, 1.54) is 41.3 Å². The third kappa shape index (κ3) is 23.4. The third-order valence-corrected chi connectivity index (χ3v) is 20.7. The first-order valence-corrected chi connectivity index (χ1v) is 41.6. The first-order chi connectivity index (χ1) is 58.4. The Morgan fingerprint density at radius 3 is 1.39 bits per heavy atom. The molecule has 0 fully saturated rings. The van der Waals surface area contributed by atoms with Crippen LogP contribution in [0, 0.1) is 18.6 Å². The Hall–Kier alpha value is -13.4. The molecule has 0 spiro atoms. The van der Waals surface area contributed by atoms with Crippen LogP contribution in [0.2, 0.25) is 0 Å². The van der Waals surface area contributed by atoms with E-state index in [2.05, 4.69) is 240 Å². The number of nitrogen functional groups attached to an aromatic ring is 1. The Kier molecular flexibility index (Phi) is 31.7. The highest BCUT2D eigenvalue weighted by molar-refractivity contribution is 6.04. The van der Waals surface area contributed by atoms with Crippen LogP contribution in [0.15, 0.2) is 262 Å². The first kappa shape index (κ1) is 91.0. The predicted octanol–water partition coefficient (Wildman–Crippen LogP) is 25.0. The molecule has 0 atom stereocenters. The van der Waals surface area contributed by atoms with Crippen LogP contribution in [-0.2, 0) is 22.6 Å². The van der Waals surface area contributed by atoms with Crippen LogP contribution in [0.4, 0.5) is 31.5 Å². The number of allylic oxidation sites excluding steroid dienone is 1. The second kappa shape index (κ2) is 42.5. The summed E-state index contributed by atoms with van der Waals surface area (Å²) < 4.78 is 26.8. The highest BCUT2D eigenvalue weighted by Gasteiger charge is 2.29. The first-order valence-electron chi connectivity index (χ1n) is 41.6. The van der Waals surface area contributed by atoms with Crippen LogP contribution in [-0.4, -0.2) is 76.6 Å². The summed E-state index contributed by atoms with van der Waals surface area (Å²) in [6.45, 7) is 37.9. The van der Waals surface area contributed by atoms with Crippen molar-refractivity contribution in [3.05, 3.63) is 341 Å². The van der Waals surface area contributed by atoms with Gasteiger partial charge < -0.3 is 26.2 Å². The number of aryl methyl sites for hydroxylation is 1. The molecule has 122 heavy (non-hydrogen) atoms. The number of benzene rings is 6. The van der Waals surface area contributed by atoms with Crippen LogP contribution in [0.5, 0.6) is 0 Å². The summed E-state index contributed by atoms with van der Waals surface area (Å²) in [5.41, 5.74) is 34.8. The highest BCUT2D eigenvalue weighted by atomic mass is 19.1. The molecule has 3 aliphatic rings. The second-order valence-corrected chi connectivity index (χ2v) is 32.5. The molecule has 626 valence electrons. The normalized spacial score (nSPS) is 12.2. The number of halogens is 2. The molecule has 13 aromatic rings. The van der Waals surface area contributed by atoms with Gasteiger partial charge in [0, 0.05) is 139 Å². The monoisotopic (exact) mass is 1630 g/mol. The summed E-state index contributed by atoms with van der Waals surface area (Å²) >= 11 is 0. The number of likely N-dealkylation sites (N-methyl/N-ethyl adjacent to an activating group) is 1. The lowest BCUT2D eigenvalue weighted by atomic mass is 9.93. The number of carbonyl (C=O) groups is 3. The average molecular weight is 1630 g/mol. The number of carbonyl (C=O) groups excluding carboxylic acids is 3. The zero-order chi connectivity index (χ0) is 88.0. The minimum absolute atomic E-state index is 0.113. The molecule has 18 heteroatoms. The van der Waals surface area contributed by atoms with Crippen molar-refractivity contribution in [2.45, 2.75) is 165 Å². The molecule has 6 aromatic carbocycles. The van der Waals surface area contributed by atoms with Gasteiger partial charge in [-0.2, -0.15) is 0 Å². The molecule has 0 unspecified atom stereocenters. The molecule has 4 N–H and O–H groups in total. The molecule has 0 radical (unpaired) electrons. The van der Waals surface area contributed by atoms with Gasteiger partial charge in [0.2, 0.25) is 11.8 Å². The predicted molar refractivity (Wildman–Crippen MR) is 497 cm³/mol. The summed E-state index contributed by atoms with van der Waals surface area (Å²) in [5.74, 6) is 1.81. The van der Waals surface area contributed by atoms with Crippen LogP contribution in [0.3, 0.4) is 0 Å². The van der Waals surface area contributed by atoms with Gasteiger partial charge in [-0.1, -0.05) is 218 Å². The molecule has 16 rings (SSSR count). The molecule has 16 nitrogen and oxygen atoms in total. The van der Waals surface area contributed by atoms with E-state index in [4.69, 9.17) is 5.73 Å². The van der Waals surface area contributed by atoms with E-state index >= 15 is 0 Å². The van der Waals surface area contributed by atoms with Crippen molar-refractivity contribution in [2.75, 3.05) is 35.4 Å². The van der Waals surface area contributed by atoms with Crippen molar-refractivity contribution in [2.24, 2.45) is 0 Å². The van der Waals surface area contributed by atoms with Gasteiger partial charge in [0.1, 0.15) is 11.6 Å². The van der Waals surface area contributed by atoms with E-state index in [0.717, 1.165) is 129 Å². The lowest BCUT2D eigenvalue weighted by molar-refractivity contribution is -0.117. The maximum Gasteiger partial charge on any atom is 0.254 e. The van der Waals surface area contributed by atoms with Gasteiger partial charge in [0.05, 0.1) is 57.7 Å². The van der Waals surface area contributed by atoms with Gasteiger partial charge in [0.25, 0.3) is 5.91 Å². The van der Waals surface area contributed by atoms with E-state index in [1.807, 2.05) is 130 Å². The van der Waals surface area contributed by atoms with Gasteiger partial charge >= 0.3 is 0 Å². The molecule has 0 aliphatic carbocycles. The standard InChI is InChI=1S/C18H18N2.2C17H18N2O.C16H17FN2O.C14H15FN2.C14H16N2.C8H11N/c1-12(2)18-16(5-4-10-19-18)15-9-8-14-7-6-13(3)20-17(14)11-15;1-11(2)17-13(7-5-9-18-17)12-6-4-8-15-14(12)10-16(20)19(15)3;1-11(2)16-14(5-4-8-18-16)12-6-7-15-13(9-12)10-19(3)17(15)20;1-10(2)16-13(5-4-8-18-16)12-6-7-14(17)15(9-12)19-11(3)20;1-9(2)14-11(4-3-7-17-14)10-5-6-12(15)13(16)8-10;1-10(2)13-14(16-9-8-15-13)12-6-4-11(3)5-7-12;1-7(2)8-5-3-4-6-9-8/h4-12,20H,3H2,1-2H3;2*4-9,11H,10H2,1-3H3;4-10H,1-3H3,(H,19,20);3-9H,16H2,1-2H3;4-10H,1-3H3;3-7H,1-2H3. The van der Waals surface area contributed by atoms with Crippen molar-refractivity contribution < 1.29 is 23.2 Å². The Morgan fingerprint density at radius 2 is 0.893 bits per heavy atom. The lowest BCUT2D eigenvalue weighted by Gasteiger charge is -2.17. The zero-order valence-electron chi connectivity index (χ0n) is 73.4. The largest absolute Gasteiger partial charge is 0.396 e. The fraction of sp³-hybridized carbons (Fsp3) is 0.260. The van der Waals surface area contributed by atoms with Crippen molar-refractivity contribution in [3.63, 3.8) is 0 Å². The summed E-state index contributed by atoms with van der Waals surface area (Å²) in [6, 6.07) is 62.5. The number of hydrogen-bond acceptors (Lipinski definition) is 13. The quantitative estimate of drug-likeness (QED) is 0.0866. The topological polar surface area (TPSA) is 211 Å². The van der Waals surface area contributed by atoms with Crippen molar-refractivity contribution in [1.82, 2.24) is 44.8 Å². The van der Waals surface area contributed by atoms with E-state index in [0.29, 0.717) is 48.5 Å². The molecular formula is C104H113F2N13O3. The average Bonchev–Trinajstić information content (AvgIpc) is 1.65. The Labute approximate surface area is 719 Å². The van der Waals surface area contributed by atoms with E-state index in [9.17, 15) is 23.2 Å². The van der Waals surface area contributed by atoms with Crippen LogP contribution >= 0.6 is 0 Å². The number of pyridine rings is 6. The number of nitrogens with zero attached hydrogens (tertiary/aromatic N) is 10. The van der Waals surface area contributed by atoms with Crippen LogP contribution < -0.4 is 21.3 Å². The molecule has 3 aliphatic heterocycles. The van der Waals surface area contributed by atoms with E-state index < -0.39 is 5.82 Å². The summed E-state index contributed by atoms with van der Waals surface area (Å²) in [5, 5.41) is 5.81. The summed E-state index contributed by atoms with van der Waals surface area (Å²) in [4.78, 5) is 73.8. The highest BCUT2D eigenvalue weighted by Crippen LogP contribution is 2.40. The molecular weight excluding hydrogens is 1520 g/mol. The van der Waals surface area contributed by atoms with E-state index in [1.54, 1.807) is 58.9 Å². The van der Waals surface area contributed by atoms with Crippen molar-refractivity contribution in [3.8, 4) is 66.9 Å². The minimum atomic E-state index is -0.445. The number of rotatable bonds is 14. The lowest BCUT2D eigenvalue weighted by Crippen LogP contribution is -2.20. The minimum Gasteiger partial charge on any atom is -0.396 e. The fourth-order valence-electron chi connectivity index (χ4n) is 14.5. The molecule has 10 heterocycles. The van der Waals surface area contributed by atoms with Gasteiger partial charge in [-0.25, -0.2) is 8.78 Å². The maximum atomic E-state index is 13.7. The summed E-state index contributed by atoms with van der Waals surface area (Å²) in [6.07, 6.45) is 18.9. The molecule has 0 saturated heterocycles. The zero-order valence-corrected chi connectivity index (χ0v) is 73.4. The Bertz CT molecular complexity index is 5820. The SMILES string of the molecule is C=C1C=Cc2ccc(-c3cccnc3C(C)C)cc2N1.CC(=O)Nc1cc(-c2cccnc2C(C)C)ccc1F.CC(C)c1ccccn1.CC(C)c1ncccc1-c1ccc(F)c(N)c1.CC(C)c1ncccc1-c1ccc2c(c1)CN(C)C2=O.CC(C)c1ncccc1-c1cccc2c1CC(=O)N2C.Cc1ccc(-c2nccnc2C(C)C)cc1. The number of fused-ring (bicyclic) bond motifs is 3. The van der Waals surface area contributed by atoms with Gasteiger partial charge in [-0.15, -0.1) is 0 Å². The molecule has 7 aromatic heterocycles. The third-order valence-electron chi connectivity index (χ3n) is 20.7. The van der Waals surface area contributed by atoms with Crippen LogP contribution in [0.25, 0.3) is 73.0 Å². The smallest absolute Gasteiger partial charge is 0.254 e. The van der Waals surface area contributed by atoms with Gasteiger partial charge in [-0.05, 0) is 190 Å². The fourth-order valence-corrected chi connectivity index (χ4v) is 14.5. The Morgan fingerprint density at radius 1 is 0.443 bits per heavy atom. The number of nitrogens with two attached hydrogens (primary N) is 1. The number of amides is 3. The van der Waals surface area contributed by atoms with Gasteiger partial charge in [-0.3, -0.25) is 54.3 Å². The Balaban J connectivity index is 0.000000151. The summed E-state index contributed by atoms with van der Waals surface area (Å²) in [7, 11) is 3.68. The number of nitrogens with one attached hydrogen (secondary N) is 2.